The third-order valence-corrected chi connectivity index (χ3v) is 9.05. The number of hydrogen-bond acceptors (Lipinski definition) is 5. The molecule has 5 aliphatic rings. The summed E-state index contributed by atoms with van der Waals surface area (Å²) in [4.78, 5) is 28.6. The molecule has 4 saturated carbocycles. The van der Waals surface area contributed by atoms with Gasteiger partial charge in [-0.2, -0.15) is 5.10 Å². The molecule has 2 heterocycles. The van der Waals surface area contributed by atoms with E-state index in [4.69, 9.17) is 4.74 Å². The Labute approximate surface area is 215 Å². The minimum atomic E-state index is -0.512. The number of nitrogens with one attached hydrogen (secondary N) is 2. The van der Waals surface area contributed by atoms with Crippen LogP contribution in [0.2, 0.25) is 0 Å². The predicted molar refractivity (Wildman–Crippen MR) is 139 cm³/mol. The molecular formula is C28H45N5O3. The second kappa shape index (κ2) is 10.3. The summed E-state index contributed by atoms with van der Waals surface area (Å²) in [7, 11) is 0. The Morgan fingerprint density at radius 2 is 1.75 bits per heavy atom. The number of piperazine rings is 1. The van der Waals surface area contributed by atoms with Crippen molar-refractivity contribution in [1.82, 2.24) is 25.3 Å². The van der Waals surface area contributed by atoms with Crippen molar-refractivity contribution in [1.29, 1.82) is 0 Å². The van der Waals surface area contributed by atoms with Crippen LogP contribution in [-0.2, 0) is 11.3 Å². The van der Waals surface area contributed by atoms with E-state index in [0.717, 1.165) is 38.0 Å². The maximum absolute atomic E-state index is 13.5. The largest absolute Gasteiger partial charge is 0.477 e. The maximum atomic E-state index is 13.5. The number of carbonyl (C=O) groups excluding carboxylic acids is 2. The van der Waals surface area contributed by atoms with E-state index in [2.05, 4.69) is 29.6 Å². The minimum absolute atomic E-state index is 0.0615. The molecule has 4 bridgehead atoms. The number of nitrogens with zero attached hydrogens (tertiary/aromatic N) is 3. The Bertz CT molecular complexity index is 921. The third-order valence-electron chi connectivity index (χ3n) is 9.05. The number of aryl methyl sites for hydroxylation is 1. The Morgan fingerprint density at radius 1 is 1.11 bits per heavy atom. The van der Waals surface area contributed by atoms with Gasteiger partial charge in [-0.25, -0.2) is 4.68 Å². The molecule has 200 valence electrons. The molecule has 5 fully saturated rings. The van der Waals surface area contributed by atoms with Gasteiger partial charge in [-0.15, -0.1) is 0 Å². The summed E-state index contributed by atoms with van der Waals surface area (Å²) in [6, 6.07) is 0.280. The lowest BCUT2D eigenvalue weighted by Gasteiger charge is -2.54. The number of amides is 2. The SMILES string of the molecule is CC(C)COc1c(C(=O)NC2C3CC4CC(C3)CC2C4)cnn1CCC(C)(C)C(=O)N1CCNCC1. The summed E-state index contributed by atoms with van der Waals surface area (Å²) >= 11 is 0. The summed E-state index contributed by atoms with van der Waals surface area (Å²) in [6.45, 7) is 12.5. The lowest BCUT2D eigenvalue weighted by molar-refractivity contribution is -0.141. The topological polar surface area (TPSA) is 88.5 Å². The Hall–Kier alpha value is -2.09. The van der Waals surface area contributed by atoms with E-state index in [-0.39, 0.29) is 17.9 Å². The monoisotopic (exact) mass is 499 g/mol. The Kier molecular flexibility index (Phi) is 7.34. The van der Waals surface area contributed by atoms with E-state index in [1.807, 2.05) is 18.7 Å². The quantitative estimate of drug-likeness (QED) is 0.544. The number of hydrogen-bond donors (Lipinski definition) is 2. The number of ether oxygens (including phenoxy) is 1. The second-order valence-electron chi connectivity index (χ2n) is 12.9. The molecule has 0 aromatic carbocycles. The lowest BCUT2D eigenvalue weighted by atomic mass is 9.54. The molecule has 1 aromatic heterocycles. The van der Waals surface area contributed by atoms with E-state index >= 15 is 0 Å². The van der Waals surface area contributed by atoms with Crippen LogP contribution < -0.4 is 15.4 Å². The fourth-order valence-electron chi connectivity index (χ4n) is 7.27. The average Bonchev–Trinajstić information content (AvgIpc) is 3.26. The van der Waals surface area contributed by atoms with Crippen molar-refractivity contribution < 1.29 is 14.3 Å². The normalized spacial score (nSPS) is 29.6. The minimum Gasteiger partial charge on any atom is -0.477 e. The summed E-state index contributed by atoms with van der Waals surface area (Å²) < 4.78 is 7.97. The highest BCUT2D eigenvalue weighted by Crippen LogP contribution is 2.53. The zero-order valence-corrected chi connectivity index (χ0v) is 22.6. The predicted octanol–water partition coefficient (Wildman–Crippen LogP) is 3.32. The molecule has 0 unspecified atom stereocenters. The fourth-order valence-corrected chi connectivity index (χ4v) is 7.27. The highest BCUT2D eigenvalue weighted by Gasteiger charge is 2.48. The van der Waals surface area contributed by atoms with E-state index in [1.54, 1.807) is 10.9 Å². The zero-order chi connectivity index (χ0) is 25.4. The smallest absolute Gasteiger partial charge is 0.258 e. The second-order valence-corrected chi connectivity index (χ2v) is 12.9. The van der Waals surface area contributed by atoms with Crippen molar-refractivity contribution in [3.8, 4) is 5.88 Å². The van der Waals surface area contributed by atoms with Crippen LogP contribution in [-0.4, -0.2) is 65.3 Å². The van der Waals surface area contributed by atoms with Crippen molar-refractivity contribution in [2.45, 2.75) is 78.8 Å². The summed E-state index contributed by atoms with van der Waals surface area (Å²) in [5.41, 5.74) is 0.0113. The first-order chi connectivity index (χ1) is 17.2. The maximum Gasteiger partial charge on any atom is 0.258 e. The molecule has 0 spiro atoms. The van der Waals surface area contributed by atoms with Crippen molar-refractivity contribution in [3.05, 3.63) is 11.8 Å². The van der Waals surface area contributed by atoms with E-state index in [0.29, 0.717) is 48.8 Å². The van der Waals surface area contributed by atoms with Crippen LogP contribution in [0.1, 0.15) is 76.6 Å². The van der Waals surface area contributed by atoms with Gasteiger partial charge in [-0.1, -0.05) is 27.7 Å². The Morgan fingerprint density at radius 3 is 2.36 bits per heavy atom. The number of rotatable bonds is 9. The molecule has 8 nitrogen and oxygen atoms in total. The molecule has 0 atom stereocenters. The van der Waals surface area contributed by atoms with Crippen LogP contribution in [0.25, 0.3) is 0 Å². The molecule has 1 aromatic rings. The average molecular weight is 500 g/mol. The van der Waals surface area contributed by atoms with Crippen molar-refractivity contribution >= 4 is 11.8 Å². The molecule has 0 radical (unpaired) electrons. The van der Waals surface area contributed by atoms with Gasteiger partial charge in [0.2, 0.25) is 11.8 Å². The van der Waals surface area contributed by atoms with Gasteiger partial charge in [-0.05, 0) is 68.1 Å². The van der Waals surface area contributed by atoms with E-state index in [1.165, 1.54) is 32.1 Å². The third kappa shape index (κ3) is 5.29. The van der Waals surface area contributed by atoms with Crippen molar-refractivity contribution in [2.75, 3.05) is 32.8 Å². The first-order valence-electron chi connectivity index (χ1n) is 14.2. The van der Waals surface area contributed by atoms with Gasteiger partial charge in [0.05, 0.1) is 12.8 Å². The molecule has 1 aliphatic heterocycles. The molecular weight excluding hydrogens is 454 g/mol. The molecule has 2 N–H and O–H groups in total. The first kappa shape index (κ1) is 25.6. The molecule has 36 heavy (non-hydrogen) atoms. The van der Waals surface area contributed by atoms with Crippen LogP contribution in [0.4, 0.5) is 0 Å². The summed E-state index contributed by atoms with van der Waals surface area (Å²) in [5, 5.41) is 11.3. The highest BCUT2D eigenvalue weighted by molar-refractivity contribution is 5.96. The fraction of sp³-hybridized carbons (Fsp3) is 0.821. The van der Waals surface area contributed by atoms with Crippen molar-refractivity contribution in [3.63, 3.8) is 0 Å². The van der Waals surface area contributed by atoms with Gasteiger partial charge < -0.3 is 20.3 Å². The van der Waals surface area contributed by atoms with Crippen LogP contribution in [0.15, 0.2) is 6.20 Å². The molecule has 4 aliphatic carbocycles. The van der Waals surface area contributed by atoms with Crippen LogP contribution >= 0.6 is 0 Å². The van der Waals surface area contributed by atoms with Crippen LogP contribution in [0.3, 0.4) is 0 Å². The molecule has 8 heteroatoms. The van der Waals surface area contributed by atoms with Gasteiger partial charge in [0.25, 0.3) is 5.91 Å². The molecule has 2 amide bonds. The summed E-state index contributed by atoms with van der Waals surface area (Å²) in [5.74, 6) is 3.99. The first-order valence-corrected chi connectivity index (χ1v) is 14.2. The lowest BCUT2D eigenvalue weighted by Crippen LogP contribution is -2.55. The number of aromatic nitrogens is 2. The van der Waals surface area contributed by atoms with E-state index < -0.39 is 5.41 Å². The molecule has 6 rings (SSSR count). The van der Waals surface area contributed by atoms with Gasteiger partial charge in [0.15, 0.2) is 0 Å². The van der Waals surface area contributed by atoms with Crippen molar-refractivity contribution in [2.24, 2.45) is 35.0 Å². The van der Waals surface area contributed by atoms with Gasteiger partial charge in [0, 0.05) is 44.2 Å². The van der Waals surface area contributed by atoms with Gasteiger partial charge in [-0.3, -0.25) is 9.59 Å². The van der Waals surface area contributed by atoms with Crippen LogP contribution in [0.5, 0.6) is 5.88 Å². The standard InChI is InChI=1S/C28H45N5O3/c1-18(2)17-36-26-23(25(34)31-24-21-12-19-11-20(14-21)15-22(24)13-19)16-30-33(26)8-5-28(3,4)27(35)32-9-6-29-7-10-32/h16,18-22,24,29H,5-15,17H2,1-4H3,(H,31,34). The summed E-state index contributed by atoms with van der Waals surface area (Å²) in [6.07, 6.45) is 8.77. The van der Waals surface area contributed by atoms with Gasteiger partial charge >= 0.3 is 0 Å². The number of carbonyl (C=O) groups is 2. The van der Waals surface area contributed by atoms with Crippen LogP contribution in [0, 0.1) is 35.0 Å². The zero-order valence-electron chi connectivity index (χ0n) is 22.6. The Balaban J connectivity index is 1.27. The van der Waals surface area contributed by atoms with E-state index in [9.17, 15) is 9.59 Å². The highest BCUT2D eigenvalue weighted by atomic mass is 16.5. The molecule has 1 saturated heterocycles. The van der Waals surface area contributed by atoms with Gasteiger partial charge in [0.1, 0.15) is 5.56 Å².